The molecule has 17 N–H and O–H groups in total. The normalized spacial score (nSPS) is 28.8. The summed E-state index contributed by atoms with van der Waals surface area (Å²) in [4.78, 5) is 100. The van der Waals surface area contributed by atoms with E-state index in [2.05, 4.69) is 42.5 Å². The smallest absolute Gasteiger partial charge is 0.242 e. The van der Waals surface area contributed by atoms with Crippen LogP contribution in [0, 0.1) is 0 Å². The van der Waals surface area contributed by atoms with Crippen LogP contribution in [-0.4, -0.2) is 296 Å². The lowest BCUT2D eigenvalue weighted by Crippen LogP contribution is -2.64. The van der Waals surface area contributed by atoms with Gasteiger partial charge in [0.05, 0.1) is 79.3 Å². The summed E-state index contributed by atoms with van der Waals surface area (Å²) in [6.07, 6.45) is -17.5. The zero-order valence-corrected chi connectivity index (χ0v) is 46.2. The van der Waals surface area contributed by atoms with Crippen LogP contribution in [0.3, 0.4) is 0 Å². The topological polar surface area (TPSA) is 498 Å². The predicted molar refractivity (Wildman–Crippen MR) is 273 cm³/mol. The lowest BCUT2D eigenvalue weighted by atomic mass is 9.97. The van der Waals surface area contributed by atoms with Crippen molar-refractivity contribution in [3.05, 3.63) is 0 Å². The first-order valence-electron chi connectivity index (χ1n) is 26.7. The number of rotatable bonds is 37. The molecule has 82 heavy (non-hydrogen) atoms. The van der Waals surface area contributed by atoms with E-state index in [0.29, 0.717) is 0 Å². The lowest BCUT2D eigenvalue weighted by Gasteiger charge is -2.42. The molecule has 0 aromatic carbocycles. The van der Waals surface area contributed by atoms with Gasteiger partial charge < -0.3 is 131 Å². The molecule has 3 saturated heterocycles. The molecule has 0 aromatic rings. The first-order valence-corrected chi connectivity index (χ1v) is 26.7. The van der Waals surface area contributed by atoms with Crippen LogP contribution in [0.2, 0.25) is 0 Å². The monoisotopic (exact) mass is 1190 g/mol. The molecule has 0 saturated carbocycles. The van der Waals surface area contributed by atoms with Crippen molar-refractivity contribution in [2.45, 2.75) is 157 Å². The molecule has 0 aromatic heterocycles. The Balaban J connectivity index is 1.51. The van der Waals surface area contributed by atoms with Crippen LogP contribution in [0.1, 0.15) is 53.4 Å². The summed E-state index contributed by atoms with van der Waals surface area (Å²) in [5.41, 5.74) is 0. The van der Waals surface area contributed by atoms with E-state index in [0.717, 1.165) is 6.92 Å². The molecule has 3 aliphatic heterocycles. The van der Waals surface area contributed by atoms with Crippen LogP contribution in [0.5, 0.6) is 0 Å². The molecule has 8 amide bonds. The minimum absolute atomic E-state index is 0.00444. The first-order chi connectivity index (χ1) is 39.0. The summed E-state index contributed by atoms with van der Waals surface area (Å²) in [5, 5.41) is 111. The Morgan fingerprint density at radius 2 is 0.720 bits per heavy atom. The highest BCUT2D eigenvalue weighted by molar-refractivity contribution is 5.90. The van der Waals surface area contributed by atoms with Crippen molar-refractivity contribution in [3.8, 4) is 0 Å². The van der Waals surface area contributed by atoms with Gasteiger partial charge in [0.1, 0.15) is 85.1 Å². The largest absolute Gasteiger partial charge is 0.394 e. The van der Waals surface area contributed by atoms with E-state index in [-0.39, 0.29) is 105 Å². The summed E-state index contributed by atoms with van der Waals surface area (Å²) >= 11 is 0. The molecule has 0 spiro atoms. The van der Waals surface area contributed by atoms with Crippen LogP contribution >= 0.6 is 0 Å². The van der Waals surface area contributed by atoms with Gasteiger partial charge >= 0.3 is 0 Å². The van der Waals surface area contributed by atoms with Gasteiger partial charge in [0.25, 0.3) is 0 Å². The van der Waals surface area contributed by atoms with Crippen molar-refractivity contribution in [2.75, 3.05) is 98.9 Å². The fourth-order valence-electron chi connectivity index (χ4n) is 8.50. The standard InChI is InChI=1S/C48H84N8O26/c1-24(60)52-28(44(72)50-10-13-75-16-19-78-47-36(54-26(3)62)42(70)39(67)31(22-58)81-47)6-8-34(65)56-29(45(73)51-11-14-76-17-20-79-48-37(55-27(4)63)43(71)40(68)32(23-59)82-48)5-7-33(64)49-9-12-74-15-18-77-46-35(53-25(2)61)41(69)38(66)30(21-57)80-46/h28-32,35-43,46-48,57-59,66-71H,5-23H2,1-4H3,(H,49,64)(H,50,72)(H,51,73)(H,52,60)(H,53,61)(H,54,62)(H,55,63)(H,56,65). The van der Waals surface area contributed by atoms with E-state index >= 15 is 0 Å². The highest BCUT2D eigenvalue weighted by Crippen LogP contribution is 2.25. The lowest BCUT2D eigenvalue weighted by molar-refractivity contribution is -0.272. The maximum Gasteiger partial charge on any atom is 0.242 e. The van der Waals surface area contributed by atoms with Crippen LogP contribution in [0.4, 0.5) is 0 Å². The average Bonchev–Trinajstić information content (AvgIpc) is 3.48. The van der Waals surface area contributed by atoms with Crippen LogP contribution < -0.4 is 42.5 Å². The Hall–Kier alpha value is -4.96. The summed E-state index contributed by atoms with van der Waals surface area (Å²) in [7, 11) is 0. The molecule has 3 fully saturated rings. The summed E-state index contributed by atoms with van der Waals surface area (Å²) < 4.78 is 49.8. The van der Waals surface area contributed by atoms with Gasteiger partial charge in [-0.1, -0.05) is 0 Å². The highest BCUT2D eigenvalue weighted by atomic mass is 16.7. The zero-order valence-electron chi connectivity index (χ0n) is 46.2. The molecule has 3 aliphatic rings. The van der Waals surface area contributed by atoms with Gasteiger partial charge in [-0.15, -0.1) is 0 Å². The van der Waals surface area contributed by atoms with E-state index in [1.54, 1.807) is 0 Å². The van der Waals surface area contributed by atoms with E-state index in [1.165, 1.54) is 20.8 Å². The first kappa shape index (κ1) is 71.3. The number of aliphatic hydroxyl groups excluding tert-OH is 9. The average molecular weight is 1190 g/mol. The maximum absolute atomic E-state index is 13.5. The Labute approximate surface area is 472 Å². The van der Waals surface area contributed by atoms with E-state index in [9.17, 15) is 84.3 Å². The van der Waals surface area contributed by atoms with Crippen molar-refractivity contribution < 1.29 is 127 Å². The molecule has 3 heterocycles. The number of hydrogen-bond donors (Lipinski definition) is 17. The van der Waals surface area contributed by atoms with Crippen molar-refractivity contribution in [3.63, 3.8) is 0 Å². The predicted octanol–water partition coefficient (Wildman–Crippen LogP) is -10.2. The van der Waals surface area contributed by atoms with Gasteiger partial charge in [0.15, 0.2) is 18.9 Å². The molecule has 3 rings (SSSR count). The molecule has 0 aliphatic carbocycles. The van der Waals surface area contributed by atoms with E-state index in [4.69, 9.17) is 42.6 Å². The van der Waals surface area contributed by atoms with Crippen molar-refractivity contribution in [2.24, 2.45) is 0 Å². The molecule has 17 atom stereocenters. The summed E-state index contributed by atoms with van der Waals surface area (Å²) in [6, 6.07) is -6.01. The third-order valence-electron chi connectivity index (χ3n) is 12.6. The minimum Gasteiger partial charge on any atom is -0.394 e. The summed E-state index contributed by atoms with van der Waals surface area (Å²) in [6.45, 7) is 1.85. The SMILES string of the molecule is CC(=O)NC(CCC(=O)NC(CCC(=O)NCCOCCOC1OC(CO)C(O)C(O)C1NC(C)=O)C(=O)NCCOCCOC1OC(CO)C(O)C(O)C1NC(C)=O)C(=O)NCCOCCOC1OC(CO)C(O)C(O)C1NC(C)=O. The Kier molecular flexibility index (Phi) is 33.1. The van der Waals surface area contributed by atoms with Gasteiger partial charge in [-0.05, 0) is 12.8 Å². The third-order valence-corrected chi connectivity index (χ3v) is 12.6. The molecule has 17 unspecified atom stereocenters. The van der Waals surface area contributed by atoms with Crippen LogP contribution in [0.15, 0.2) is 0 Å². The van der Waals surface area contributed by atoms with E-state index in [1.807, 2.05) is 0 Å². The molecular formula is C48H84N8O26. The molecule has 0 bridgehead atoms. The van der Waals surface area contributed by atoms with Crippen molar-refractivity contribution in [1.82, 2.24) is 42.5 Å². The fraction of sp³-hybridized carbons (Fsp3) is 0.833. The number of amides is 8. The van der Waals surface area contributed by atoms with Crippen LogP contribution in [-0.2, 0) is 81.0 Å². The van der Waals surface area contributed by atoms with Crippen molar-refractivity contribution in [1.29, 1.82) is 0 Å². The number of nitrogens with one attached hydrogen (secondary N) is 8. The molecule has 34 heteroatoms. The second-order valence-electron chi connectivity index (χ2n) is 19.1. The van der Waals surface area contributed by atoms with E-state index < -0.39 is 171 Å². The van der Waals surface area contributed by atoms with Gasteiger partial charge in [0.2, 0.25) is 47.3 Å². The third kappa shape index (κ3) is 24.7. The second kappa shape index (κ2) is 38.1. The second-order valence-corrected chi connectivity index (χ2v) is 19.1. The summed E-state index contributed by atoms with van der Waals surface area (Å²) in [5.74, 6) is -4.87. The maximum atomic E-state index is 13.5. The Morgan fingerprint density at radius 3 is 1.04 bits per heavy atom. The van der Waals surface area contributed by atoms with Gasteiger partial charge in [-0.2, -0.15) is 0 Å². The van der Waals surface area contributed by atoms with Crippen molar-refractivity contribution >= 4 is 47.3 Å². The van der Waals surface area contributed by atoms with Crippen LogP contribution in [0.25, 0.3) is 0 Å². The molecule has 472 valence electrons. The van der Waals surface area contributed by atoms with Gasteiger partial charge in [-0.25, -0.2) is 0 Å². The molecule has 34 nitrogen and oxygen atoms in total. The Morgan fingerprint density at radius 1 is 0.402 bits per heavy atom. The number of hydrogen-bond acceptors (Lipinski definition) is 26. The number of carbonyl (C=O) groups excluding carboxylic acids is 8. The molecular weight excluding hydrogens is 1100 g/mol. The quantitative estimate of drug-likeness (QED) is 0.0257. The zero-order chi connectivity index (χ0) is 60.9. The fourth-order valence-corrected chi connectivity index (χ4v) is 8.50. The molecule has 0 radical (unpaired) electrons. The highest BCUT2D eigenvalue weighted by Gasteiger charge is 2.48. The number of ether oxygens (including phenoxy) is 9. The van der Waals surface area contributed by atoms with Gasteiger partial charge in [-0.3, -0.25) is 38.4 Å². The minimum atomic E-state index is -1.53. The van der Waals surface area contributed by atoms with Gasteiger partial charge in [0, 0.05) is 60.2 Å². The Bertz CT molecular complexity index is 1990. The number of aliphatic hydroxyl groups is 9. The number of carbonyl (C=O) groups is 8.